The molecule has 476 valence electrons. The number of rotatable bonds is 59. The first-order valence-electron chi connectivity index (χ1n) is 33.2. The van der Waals surface area contributed by atoms with Crippen molar-refractivity contribution in [1.82, 2.24) is 0 Å². The van der Waals surface area contributed by atoms with Crippen LogP contribution in [0, 0.1) is 0 Å². The van der Waals surface area contributed by atoms with Gasteiger partial charge in [0, 0.05) is 12.8 Å². The van der Waals surface area contributed by atoms with Gasteiger partial charge in [0.1, 0.15) is 19.8 Å². The van der Waals surface area contributed by atoms with E-state index in [1.165, 1.54) is 103 Å². The molecule has 0 heterocycles. The van der Waals surface area contributed by atoms with Gasteiger partial charge < -0.3 is 18.9 Å². The van der Waals surface area contributed by atoms with Gasteiger partial charge in [-0.15, -0.1) is 0 Å². The van der Waals surface area contributed by atoms with Gasteiger partial charge in [-0.05, 0) is 116 Å². The molecule has 0 amide bonds. The van der Waals surface area contributed by atoms with Crippen LogP contribution in [0.15, 0.2) is 158 Å². The van der Waals surface area contributed by atoms with Crippen LogP contribution in [-0.4, -0.2) is 74.9 Å². The SMILES string of the molecule is CC/C=C\C/C=C\C/C=C\C/C=C\C/C=C\C/C=C\C/C=C\C/C=C\C/C=C\CCCC(=O)OC(COC(=O)CCCCCCCCCCCCCCCCCCCC/C=C\C/C=C\C/C=C\C/C=C\CC)COP(=O)(O)OCC[N+](C)(C)C. The van der Waals surface area contributed by atoms with Gasteiger partial charge in [-0.3, -0.25) is 18.6 Å². The number of allylic oxidation sites excluding steroid dienone is 26. The molecule has 0 aromatic carbocycles. The van der Waals surface area contributed by atoms with Crippen molar-refractivity contribution in [1.29, 1.82) is 0 Å². The Balaban J connectivity index is 4.20. The fourth-order valence-electron chi connectivity index (χ4n) is 8.54. The minimum Gasteiger partial charge on any atom is -0.462 e. The number of carbonyl (C=O) groups is 2. The summed E-state index contributed by atoms with van der Waals surface area (Å²) in [4.78, 5) is 35.8. The van der Waals surface area contributed by atoms with Crippen molar-refractivity contribution in [2.75, 3.05) is 47.5 Å². The van der Waals surface area contributed by atoms with Crippen LogP contribution in [0.25, 0.3) is 0 Å². The Labute approximate surface area is 516 Å². The largest absolute Gasteiger partial charge is 0.472 e. The van der Waals surface area contributed by atoms with Crippen molar-refractivity contribution < 1.29 is 42.1 Å². The summed E-state index contributed by atoms with van der Waals surface area (Å²) in [6.07, 6.45) is 94.9. The monoisotopic (exact) mass is 1180 g/mol. The summed E-state index contributed by atoms with van der Waals surface area (Å²) < 4.78 is 34.6. The number of phosphoric acid groups is 1. The molecule has 0 aliphatic heterocycles. The molecule has 0 fully saturated rings. The van der Waals surface area contributed by atoms with Gasteiger partial charge in [0.05, 0.1) is 27.7 Å². The van der Waals surface area contributed by atoms with E-state index >= 15 is 0 Å². The first-order chi connectivity index (χ1) is 41.0. The van der Waals surface area contributed by atoms with Gasteiger partial charge in [0.2, 0.25) is 0 Å². The minimum absolute atomic E-state index is 0.0130. The first kappa shape index (κ1) is 79.6. The lowest BCUT2D eigenvalue weighted by Crippen LogP contribution is -2.37. The average molecular weight is 1190 g/mol. The third kappa shape index (κ3) is 66.8. The highest BCUT2D eigenvalue weighted by atomic mass is 31.2. The molecule has 0 radical (unpaired) electrons. The summed E-state index contributed by atoms with van der Waals surface area (Å²) in [5.74, 6) is -0.873. The average Bonchev–Trinajstić information content (AvgIpc) is 3.61. The summed E-state index contributed by atoms with van der Waals surface area (Å²) in [6, 6.07) is 0. The van der Waals surface area contributed by atoms with Crippen molar-refractivity contribution in [3.05, 3.63) is 158 Å². The molecule has 0 bridgehead atoms. The molecule has 0 aromatic heterocycles. The second-order valence-corrected chi connectivity index (χ2v) is 24.2. The van der Waals surface area contributed by atoms with Crippen molar-refractivity contribution in [2.24, 2.45) is 0 Å². The zero-order valence-corrected chi connectivity index (χ0v) is 55.0. The maximum absolute atomic E-state index is 12.8. The summed E-state index contributed by atoms with van der Waals surface area (Å²) in [6.45, 7) is 4.14. The zero-order valence-electron chi connectivity index (χ0n) is 54.1. The van der Waals surface area contributed by atoms with E-state index in [2.05, 4.69) is 172 Å². The minimum atomic E-state index is -4.42. The Hall–Kier alpha value is -4.37. The Morgan fingerprint density at radius 3 is 0.988 bits per heavy atom. The Morgan fingerprint density at radius 2 is 0.655 bits per heavy atom. The number of ether oxygens (including phenoxy) is 2. The molecule has 0 aliphatic rings. The second-order valence-electron chi connectivity index (χ2n) is 22.7. The lowest BCUT2D eigenvalue weighted by molar-refractivity contribution is -0.870. The number of quaternary nitrogens is 1. The van der Waals surface area contributed by atoms with E-state index in [9.17, 15) is 19.0 Å². The zero-order chi connectivity index (χ0) is 61.2. The number of likely N-dealkylation sites (N-methyl/N-ethyl adjacent to an activating group) is 1. The number of hydrogen-bond donors (Lipinski definition) is 1. The molecule has 1 N–H and O–H groups in total. The fraction of sp³-hybridized carbons (Fsp3) is 0.622. The molecule has 0 aliphatic carbocycles. The van der Waals surface area contributed by atoms with Crippen LogP contribution < -0.4 is 0 Å². The van der Waals surface area contributed by atoms with Crippen LogP contribution in [0.5, 0.6) is 0 Å². The number of hydrogen-bond acceptors (Lipinski definition) is 7. The molecule has 2 unspecified atom stereocenters. The van der Waals surface area contributed by atoms with Crippen LogP contribution in [0.4, 0.5) is 0 Å². The highest BCUT2D eigenvalue weighted by Gasteiger charge is 2.27. The molecule has 9 nitrogen and oxygen atoms in total. The highest BCUT2D eigenvalue weighted by Crippen LogP contribution is 2.43. The summed E-state index contributed by atoms with van der Waals surface area (Å²) in [5, 5.41) is 0. The van der Waals surface area contributed by atoms with E-state index in [0.29, 0.717) is 23.9 Å². The number of phosphoric ester groups is 1. The van der Waals surface area contributed by atoms with Crippen molar-refractivity contribution in [3.8, 4) is 0 Å². The van der Waals surface area contributed by atoms with Crippen molar-refractivity contribution in [2.45, 2.75) is 251 Å². The number of nitrogens with zero attached hydrogens (tertiary/aromatic N) is 1. The van der Waals surface area contributed by atoms with E-state index in [4.69, 9.17) is 18.5 Å². The van der Waals surface area contributed by atoms with Crippen LogP contribution in [0.3, 0.4) is 0 Å². The van der Waals surface area contributed by atoms with Crippen LogP contribution in [0.1, 0.15) is 245 Å². The fourth-order valence-corrected chi connectivity index (χ4v) is 9.28. The van der Waals surface area contributed by atoms with Gasteiger partial charge >= 0.3 is 19.8 Å². The number of carbonyl (C=O) groups excluding carboxylic acids is 2. The lowest BCUT2D eigenvalue weighted by atomic mass is 10.0. The maximum atomic E-state index is 12.8. The van der Waals surface area contributed by atoms with E-state index in [0.717, 1.165) is 103 Å². The molecule has 10 heteroatoms. The third-order valence-corrected chi connectivity index (χ3v) is 14.5. The second kappa shape index (κ2) is 63.1. The van der Waals surface area contributed by atoms with Crippen LogP contribution in [0.2, 0.25) is 0 Å². The number of esters is 2. The van der Waals surface area contributed by atoms with Gasteiger partial charge in [-0.1, -0.05) is 275 Å². The molecule has 0 saturated heterocycles. The summed E-state index contributed by atoms with van der Waals surface area (Å²) >= 11 is 0. The molecule has 0 spiro atoms. The lowest BCUT2D eigenvalue weighted by Gasteiger charge is -2.24. The Bertz CT molecular complexity index is 1970. The highest BCUT2D eigenvalue weighted by molar-refractivity contribution is 7.47. The molecule has 0 saturated carbocycles. The molecular weight excluding hydrogens is 1060 g/mol. The Morgan fingerprint density at radius 1 is 0.369 bits per heavy atom. The molecule has 0 rings (SSSR count). The summed E-state index contributed by atoms with van der Waals surface area (Å²) in [7, 11) is 1.42. The number of unbranched alkanes of at least 4 members (excludes halogenated alkanes) is 19. The van der Waals surface area contributed by atoms with Crippen molar-refractivity contribution in [3.63, 3.8) is 0 Å². The van der Waals surface area contributed by atoms with Crippen LogP contribution in [-0.2, 0) is 32.7 Å². The topological polar surface area (TPSA) is 108 Å². The van der Waals surface area contributed by atoms with Gasteiger partial charge in [0.25, 0.3) is 0 Å². The van der Waals surface area contributed by atoms with Gasteiger partial charge in [-0.25, -0.2) is 4.57 Å². The van der Waals surface area contributed by atoms with E-state index < -0.39 is 26.5 Å². The third-order valence-electron chi connectivity index (χ3n) is 13.6. The molecule has 0 aromatic rings. The van der Waals surface area contributed by atoms with Crippen LogP contribution >= 0.6 is 7.82 Å². The maximum Gasteiger partial charge on any atom is 0.472 e. The molecular formula is C74H123NO8P+. The van der Waals surface area contributed by atoms with E-state index in [-0.39, 0.29) is 32.0 Å². The van der Waals surface area contributed by atoms with Gasteiger partial charge in [0.15, 0.2) is 6.10 Å². The summed E-state index contributed by atoms with van der Waals surface area (Å²) in [5.41, 5.74) is 0. The smallest absolute Gasteiger partial charge is 0.462 e. The predicted octanol–water partition coefficient (Wildman–Crippen LogP) is 21.6. The molecule has 84 heavy (non-hydrogen) atoms. The van der Waals surface area contributed by atoms with E-state index in [1.54, 1.807) is 0 Å². The quantitative estimate of drug-likeness (QED) is 0.0211. The predicted molar refractivity (Wildman–Crippen MR) is 362 cm³/mol. The first-order valence-corrected chi connectivity index (χ1v) is 34.7. The van der Waals surface area contributed by atoms with Gasteiger partial charge in [-0.2, -0.15) is 0 Å². The Kier molecular flexibility index (Phi) is 59.9. The standard InChI is InChI=1S/C74H122NO8P/c1-6-8-10-12-14-16-18-20-22-24-26-28-30-32-34-36-37-39-40-42-44-46-48-50-52-54-56-58-60-62-64-66-73(76)80-70-72(71-82-84(78,79)81-69-68-75(3,4)5)83-74(77)67-65-63-61-59-57-55-53-51-49-47-45-43-41-38-35-33-31-29-27-25-23-21-19-17-15-13-11-9-7-2/h8-11,14-17,20-23,26-29,33,35,41,43,47,49,53,55,59,61,72H,6-7,12-13,18-19,24-25,30-32,34,36-40,42,44-46,48,50-52,54,56-58,60,62-71H2,1-5H3/p+1/b10-8-,11-9-,16-14-,17-15-,22-20-,23-21-,28-26-,29-27-,35-33-,43-41-,49-47-,55-53-,61-59-. The van der Waals surface area contributed by atoms with E-state index in [1.807, 2.05) is 21.1 Å². The molecule has 2 atom stereocenters. The normalized spacial score (nSPS) is 14.2. The van der Waals surface area contributed by atoms with Crippen molar-refractivity contribution >= 4 is 19.8 Å².